The average Bonchev–Trinajstić information content (AvgIpc) is 3.24. The molecule has 3 aromatic rings. The fourth-order valence-electron chi connectivity index (χ4n) is 3.45. The molecule has 9 nitrogen and oxygen atoms in total. The molecular formula is C24H28N4O5. The summed E-state index contributed by atoms with van der Waals surface area (Å²) in [7, 11) is 1.58. The Morgan fingerprint density at radius 1 is 1.33 bits per heavy atom. The maximum Gasteiger partial charge on any atom is 0.408 e. The Hall–Kier alpha value is -3.88. The summed E-state index contributed by atoms with van der Waals surface area (Å²) in [4.78, 5) is 34.1. The fraction of sp³-hybridized carbons (Fsp3) is 0.333. The van der Waals surface area contributed by atoms with E-state index in [0.29, 0.717) is 27.8 Å². The van der Waals surface area contributed by atoms with E-state index in [2.05, 4.69) is 15.3 Å². The van der Waals surface area contributed by atoms with Crippen molar-refractivity contribution < 1.29 is 18.4 Å². The summed E-state index contributed by atoms with van der Waals surface area (Å²) >= 11 is 0. The molecule has 0 bridgehead atoms. The van der Waals surface area contributed by atoms with Gasteiger partial charge in [0.1, 0.15) is 23.1 Å². The first-order valence-corrected chi connectivity index (χ1v) is 10.4. The molecule has 9 heteroatoms. The highest BCUT2D eigenvalue weighted by molar-refractivity contribution is 6.11. The van der Waals surface area contributed by atoms with Gasteiger partial charge in [0.15, 0.2) is 12.2 Å². The predicted molar refractivity (Wildman–Crippen MR) is 127 cm³/mol. The number of benzene rings is 1. The van der Waals surface area contributed by atoms with Crippen molar-refractivity contribution in [1.29, 1.82) is 0 Å². The van der Waals surface area contributed by atoms with Crippen LogP contribution in [0, 0.1) is 6.92 Å². The Morgan fingerprint density at radius 2 is 2.06 bits per heavy atom. The van der Waals surface area contributed by atoms with Crippen molar-refractivity contribution in [3.8, 4) is 11.3 Å². The Labute approximate surface area is 191 Å². The number of carbonyl (C=O) groups is 1. The summed E-state index contributed by atoms with van der Waals surface area (Å²) in [5, 5.41) is 3.15. The van der Waals surface area contributed by atoms with Crippen molar-refractivity contribution in [3.05, 3.63) is 58.1 Å². The molecular weight excluding hydrogens is 424 g/mol. The second-order valence-corrected chi connectivity index (χ2v) is 8.62. The molecule has 0 saturated heterocycles. The van der Waals surface area contributed by atoms with Crippen LogP contribution in [-0.4, -0.2) is 29.9 Å². The largest absolute Gasteiger partial charge is 0.455 e. The van der Waals surface area contributed by atoms with E-state index in [1.54, 1.807) is 40.8 Å². The van der Waals surface area contributed by atoms with Crippen LogP contribution in [0.1, 0.15) is 50.6 Å². The van der Waals surface area contributed by atoms with E-state index in [1.165, 1.54) is 25.1 Å². The van der Waals surface area contributed by atoms with Gasteiger partial charge in [0.05, 0.1) is 22.6 Å². The summed E-state index contributed by atoms with van der Waals surface area (Å²) in [5.41, 5.74) is 7.54. The number of hydrogen-bond acceptors (Lipinski definition) is 8. The van der Waals surface area contributed by atoms with Crippen LogP contribution in [-0.2, 0) is 4.74 Å². The predicted octanol–water partition coefficient (Wildman–Crippen LogP) is 4.34. The summed E-state index contributed by atoms with van der Waals surface area (Å²) in [6.07, 6.45) is 4.81. The molecule has 33 heavy (non-hydrogen) atoms. The lowest BCUT2D eigenvalue weighted by molar-refractivity contribution is 0.0508. The van der Waals surface area contributed by atoms with Crippen LogP contribution in [0.5, 0.6) is 0 Å². The number of aryl methyl sites for hydroxylation is 1. The summed E-state index contributed by atoms with van der Waals surface area (Å²) < 4.78 is 16.7. The van der Waals surface area contributed by atoms with Crippen molar-refractivity contribution in [3.63, 3.8) is 0 Å². The first kappa shape index (κ1) is 23.8. The highest BCUT2D eigenvalue weighted by Gasteiger charge is 2.25. The second kappa shape index (κ2) is 9.32. The van der Waals surface area contributed by atoms with Gasteiger partial charge in [0, 0.05) is 25.0 Å². The molecule has 1 atom stereocenters. The third-order valence-corrected chi connectivity index (χ3v) is 4.76. The molecule has 0 aliphatic heterocycles. The number of aliphatic imine (C=N–C) groups is 1. The number of nitrogens with two attached hydrogens (primary N) is 1. The lowest BCUT2D eigenvalue weighted by Crippen LogP contribution is -2.34. The highest BCUT2D eigenvalue weighted by Crippen LogP contribution is 2.32. The van der Waals surface area contributed by atoms with Gasteiger partial charge >= 0.3 is 6.09 Å². The SMILES string of the molecule is CN=C/C(=C\N)c1oc2c(C(C)NC(=O)OC(C)(C)C)cc(C)cc2c(=O)c1-c1cocn1. The van der Waals surface area contributed by atoms with Crippen LogP contribution < -0.4 is 16.5 Å². The van der Waals surface area contributed by atoms with E-state index in [0.717, 1.165) is 5.56 Å². The molecule has 0 saturated carbocycles. The molecule has 1 aromatic carbocycles. The number of amides is 1. The van der Waals surface area contributed by atoms with E-state index < -0.39 is 17.7 Å². The monoisotopic (exact) mass is 452 g/mol. The summed E-state index contributed by atoms with van der Waals surface area (Å²) in [5.74, 6) is 0.198. The van der Waals surface area contributed by atoms with Crippen LogP contribution in [0.2, 0.25) is 0 Å². The van der Waals surface area contributed by atoms with Crippen LogP contribution >= 0.6 is 0 Å². The molecule has 0 aliphatic rings. The quantitative estimate of drug-likeness (QED) is 0.550. The zero-order valence-electron chi connectivity index (χ0n) is 19.6. The van der Waals surface area contributed by atoms with Gasteiger partial charge < -0.3 is 24.6 Å². The Balaban J connectivity index is 2.27. The molecule has 3 rings (SSSR count). The van der Waals surface area contributed by atoms with Gasteiger partial charge in [0.25, 0.3) is 0 Å². The first-order valence-electron chi connectivity index (χ1n) is 10.4. The van der Waals surface area contributed by atoms with Gasteiger partial charge in [0.2, 0.25) is 5.43 Å². The fourth-order valence-corrected chi connectivity index (χ4v) is 3.45. The Morgan fingerprint density at radius 3 is 2.64 bits per heavy atom. The molecule has 0 aliphatic carbocycles. The lowest BCUT2D eigenvalue weighted by atomic mass is 9.98. The average molecular weight is 453 g/mol. The first-order chi connectivity index (χ1) is 15.6. The van der Waals surface area contributed by atoms with Crippen LogP contribution in [0.25, 0.3) is 27.8 Å². The van der Waals surface area contributed by atoms with E-state index in [-0.39, 0.29) is 16.8 Å². The normalized spacial score (nSPS) is 13.5. The van der Waals surface area contributed by atoms with Crippen molar-refractivity contribution in [2.75, 3.05) is 7.05 Å². The molecule has 174 valence electrons. The minimum absolute atomic E-state index is 0.198. The molecule has 1 amide bonds. The maximum atomic E-state index is 13.6. The number of oxazole rings is 1. The number of rotatable bonds is 5. The zero-order chi connectivity index (χ0) is 24.3. The van der Waals surface area contributed by atoms with Crippen LogP contribution in [0.4, 0.5) is 4.79 Å². The van der Waals surface area contributed by atoms with E-state index >= 15 is 0 Å². The van der Waals surface area contributed by atoms with E-state index in [4.69, 9.17) is 19.3 Å². The topological polar surface area (TPSA) is 133 Å². The number of aromatic nitrogens is 1. The standard InChI is InChI=1S/C24H28N4O5/c1-13-7-16(14(2)28-23(30)33-24(3,4)5)22-17(8-13)20(29)19(18-11-31-12-27-18)21(32-22)15(9-25)10-26-6/h7-12,14H,25H2,1-6H3,(H,28,30)/b15-9+,26-10?. The van der Waals surface area contributed by atoms with E-state index in [1.807, 2.05) is 13.0 Å². The van der Waals surface area contributed by atoms with Crippen molar-refractivity contribution in [2.24, 2.45) is 10.7 Å². The van der Waals surface area contributed by atoms with Crippen molar-refractivity contribution in [1.82, 2.24) is 10.3 Å². The summed E-state index contributed by atoms with van der Waals surface area (Å²) in [6, 6.07) is 3.08. The smallest absolute Gasteiger partial charge is 0.408 e. The molecule has 3 N–H and O–H groups in total. The number of fused-ring (bicyclic) bond motifs is 1. The number of nitrogens with one attached hydrogen (secondary N) is 1. The van der Waals surface area contributed by atoms with Crippen molar-refractivity contribution >= 4 is 28.9 Å². The van der Waals surface area contributed by atoms with Gasteiger partial charge in [-0.2, -0.15) is 0 Å². The number of alkyl carbamates (subject to hydrolysis) is 1. The van der Waals surface area contributed by atoms with Gasteiger partial charge in [-0.05, 0) is 46.2 Å². The lowest BCUT2D eigenvalue weighted by Gasteiger charge is -2.23. The summed E-state index contributed by atoms with van der Waals surface area (Å²) in [6.45, 7) is 9.00. The van der Waals surface area contributed by atoms with E-state index in [9.17, 15) is 9.59 Å². The van der Waals surface area contributed by atoms with Crippen LogP contribution in [0.3, 0.4) is 0 Å². The third kappa shape index (κ3) is 5.14. The number of nitrogens with zero attached hydrogens (tertiary/aromatic N) is 2. The molecule has 0 fully saturated rings. The second-order valence-electron chi connectivity index (χ2n) is 8.62. The Bertz CT molecular complexity index is 1280. The van der Waals surface area contributed by atoms with Gasteiger partial charge in [-0.25, -0.2) is 9.78 Å². The van der Waals surface area contributed by atoms with Gasteiger partial charge in [-0.1, -0.05) is 6.07 Å². The minimum Gasteiger partial charge on any atom is -0.455 e. The highest BCUT2D eigenvalue weighted by atomic mass is 16.6. The molecule has 2 heterocycles. The van der Waals surface area contributed by atoms with Crippen LogP contribution in [0.15, 0.2) is 49.6 Å². The molecule has 0 radical (unpaired) electrons. The molecule has 1 unspecified atom stereocenters. The van der Waals surface area contributed by atoms with Crippen molar-refractivity contribution in [2.45, 2.75) is 46.3 Å². The number of ether oxygens (including phenoxy) is 1. The number of allylic oxidation sites excluding steroid dienone is 1. The number of hydrogen-bond donors (Lipinski definition) is 2. The Kier molecular flexibility index (Phi) is 6.71. The molecule has 0 spiro atoms. The van der Waals surface area contributed by atoms with Gasteiger partial charge in [-0.15, -0.1) is 0 Å². The molecule has 2 aromatic heterocycles. The van der Waals surface area contributed by atoms with Gasteiger partial charge in [-0.3, -0.25) is 9.79 Å². The third-order valence-electron chi connectivity index (χ3n) is 4.76. The minimum atomic E-state index is -0.648. The zero-order valence-corrected chi connectivity index (χ0v) is 19.6. The number of carbonyl (C=O) groups excluding carboxylic acids is 1. The maximum absolute atomic E-state index is 13.6.